The molecule has 0 saturated heterocycles. The summed E-state index contributed by atoms with van der Waals surface area (Å²) in [5.74, 6) is 0. The first-order valence-corrected chi connectivity index (χ1v) is 5.79. The average Bonchev–Trinajstić information content (AvgIpc) is 2.38. The van der Waals surface area contributed by atoms with Crippen LogP contribution in [0, 0.1) is 0 Å². The Morgan fingerprint density at radius 3 is 1.56 bits per heavy atom. The summed E-state index contributed by atoms with van der Waals surface area (Å²) in [6.45, 7) is 10.4. The van der Waals surface area contributed by atoms with Crippen molar-refractivity contribution in [2.75, 3.05) is 53.3 Å². The molecule has 0 rings (SSSR count). The van der Waals surface area contributed by atoms with Crippen molar-refractivity contribution < 1.29 is 19.3 Å². The molecule has 0 spiro atoms. The van der Waals surface area contributed by atoms with Gasteiger partial charge in [-0.05, 0) is 6.92 Å². The minimum Gasteiger partial charge on any atom is -0.400 e. The maximum atomic E-state index is 7.00. The monoisotopic (exact) mass is 239 g/mol. The fourth-order valence-corrected chi connectivity index (χ4v) is 0.667. The molecule has 102 valence electrons. The van der Waals surface area contributed by atoms with Gasteiger partial charge in [0.05, 0.1) is 33.0 Å². The van der Waals surface area contributed by atoms with Crippen molar-refractivity contribution in [1.82, 2.24) is 0 Å². The molecule has 0 saturated carbocycles. The molecular formula is C11H29NO4. The Morgan fingerprint density at radius 1 is 0.812 bits per heavy atom. The Balaban J connectivity index is -0.000000376. The molecule has 0 aliphatic heterocycles. The van der Waals surface area contributed by atoms with E-state index in [1.807, 2.05) is 20.8 Å². The highest BCUT2D eigenvalue weighted by Crippen LogP contribution is 1.79. The summed E-state index contributed by atoms with van der Waals surface area (Å²) in [5.41, 5.74) is 5.22. The molecule has 0 bridgehead atoms. The quantitative estimate of drug-likeness (QED) is 0.578. The molecule has 0 amide bonds. The molecule has 0 aromatic heterocycles. The van der Waals surface area contributed by atoms with Crippen molar-refractivity contribution >= 4 is 0 Å². The molecule has 0 fully saturated rings. The smallest absolute Gasteiger partial charge is 0.0701 e. The van der Waals surface area contributed by atoms with Crippen LogP contribution in [0.15, 0.2) is 0 Å². The maximum absolute atomic E-state index is 7.00. The largest absolute Gasteiger partial charge is 0.400 e. The number of aliphatic hydroxyl groups is 1. The van der Waals surface area contributed by atoms with Crippen molar-refractivity contribution in [3.05, 3.63) is 0 Å². The Morgan fingerprint density at radius 2 is 1.19 bits per heavy atom. The SMILES string of the molecule is CC.CCOCCOCCOCCN.CO. The summed E-state index contributed by atoms with van der Waals surface area (Å²) < 4.78 is 15.4. The fraction of sp³-hybridized carbons (Fsp3) is 1.00. The highest BCUT2D eigenvalue weighted by Gasteiger charge is 1.88. The van der Waals surface area contributed by atoms with Crippen LogP contribution in [0.4, 0.5) is 0 Å². The van der Waals surface area contributed by atoms with Crippen LogP contribution < -0.4 is 5.73 Å². The van der Waals surface area contributed by atoms with Gasteiger partial charge in [0.15, 0.2) is 0 Å². The van der Waals surface area contributed by atoms with Gasteiger partial charge in [-0.1, -0.05) is 13.8 Å². The van der Waals surface area contributed by atoms with Gasteiger partial charge < -0.3 is 25.1 Å². The highest BCUT2D eigenvalue weighted by molar-refractivity contribution is 4.33. The van der Waals surface area contributed by atoms with E-state index in [4.69, 9.17) is 25.1 Å². The van der Waals surface area contributed by atoms with E-state index >= 15 is 0 Å². The van der Waals surface area contributed by atoms with Crippen molar-refractivity contribution in [3.8, 4) is 0 Å². The Bertz CT molecular complexity index is 74.4. The molecule has 0 heterocycles. The summed E-state index contributed by atoms with van der Waals surface area (Å²) in [5, 5.41) is 7.00. The van der Waals surface area contributed by atoms with Crippen LogP contribution in [-0.2, 0) is 14.2 Å². The first-order chi connectivity index (χ1) is 7.91. The Hall–Kier alpha value is -0.200. The van der Waals surface area contributed by atoms with Gasteiger partial charge in [-0.15, -0.1) is 0 Å². The van der Waals surface area contributed by atoms with E-state index in [0.29, 0.717) is 39.6 Å². The Labute approximate surface area is 99.9 Å². The summed E-state index contributed by atoms with van der Waals surface area (Å²) >= 11 is 0. The van der Waals surface area contributed by atoms with Gasteiger partial charge in [-0.2, -0.15) is 0 Å². The van der Waals surface area contributed by atoms with E-state index < -0.39 is 0 Å². The zero-order chi connectivity index (χ0) is 13.1. The third-order valence-corrected chi connectivity index (χ3v) is 1.21. The third-order valence-electron chi connectivity index (χ3n) is 1.21. The topological polar surface area (TPSA) is 73.9 Å². The number of hydrogen-bond acceptors (Lipinski definition) is 5. The van der Waals surface area contributed by atoms with E-state index in [-0.39, 0.29) is 0 Å². The second-order valence-electron chi connectivity index (χ2n) is 2.21. The number of ether oxygens (including phenoxy) is 3. The van der Waals surface area contributed by atoms with Crippen molar-refractivity contribution in [3.63, 3.8) is 0 Å². The van der Waals surface area contributed by atoms with E-state index in [1.54, 1.807) is 0 Å². The lowest BCUT2D eigenvalue weighted by molar-refractivity contribution is 0.0185. The maximum Gasteiger partial charge on any atom is 0.0701 e. The molecule has 3 N–H and O–H groups in total. The van der Waals surface area contributed by atoms with Crippen molar-refractivity contribution in [2.24, 2.45) is 5.73 Å². The second kappa shape index (κ2) is 29.3. The van der Waals surface area contributed by atoms with Crippen LogP contribution in [0.25, 0.3) is 0 Å². The normalized spacial score (nSPS) is 8.62. The van der Waals surface area contributed by atoms with E-state index in [1.165, 1.54) is 0 Å². The molecule has 0 aliphatic carbocycles. The first kappa shape index (κ1) is 21.1. The molecule has 16 heavy (non-hydrogen) atoms. The van der Waals surface area contributed by atoms with Crippen LogP contribution in [0.5, 0.6) is 0 Å². The first-order valence-electron chi connectivity index (χ1n) is 5.79. The molecule has 5 nitrogen and oxygen atoms in total. The lowest BCUT2D eigenvalue weighted by Crippen LogP contribution is -2.13. The molecule has 0 aromatic rings. The molecule has 0 aliphatic rings. The zero-order valence-corrected chi connectivity index (χ0v) is 11.2. The van der Waals surface area contributed by atoms with Gasteiger partial charge in [-0.25, -0.2) is 0 Å². The van der Waals surface area contributed by atoms with Gasteiger partial charge in [0.25, 0.3) is 0 Å². The molecule has 0 radical (unpaired) electrons. The lowest BCUT2D eigenvalue weighted by Gasteiger charge is -2.04. The van der Waals surface area contributed by atoms with Crippen LogP contribution in [0.2, 0.25) is 0 Å². The van der Waals surface area contributed by atoms with Crippen LogP contribution in [-0.4, -0.2) is 58.4 Å². The summed E-state index contributed by atoms with van der Waals surface area (Å²) in [7, 11) is 1.00. The highest BCUT2D eigenvalue weighted by atomic mass is 16.5. The number of rotatable bonds is 9. The average molecular weight is 239 g/mol. The van der Waals surface area contributed by atoms with E-state index in [9.17, 15) is 0 Å². The minimum absolute atomic E-state index is 0.568. The lowest BCUT2D eigenvalue weighted by atomic mass is 10.7. The van der Waals surface area contributed by atoms with Crippen molar-refractivity contribution in [2.45, 2.75) is 20.8 Å². The van der Waals surface area contributed by atoms with Gasteiger partial charge in [-0.3, -0.25) is 0 Å². The zero-order valence-electron chi connectivity index (χ0n) is 11.2. The standard InChI is InChI=1S/C8H19NO3.C2H6.CH4O/c1-2-10-5-6-12-8-7-11-4-3-9;2*1-2/h2-9H2,1H3;1-2H3;2H,1H3. The van der Waals surface area contributed by atoms with Gasteiger partial charge in [0.2, 0.25) is 0 Å². The number of nitrogens with two attached hydrogens (primary N) is 1. The molecule has 0 aromatic carbocycles. The van der Waals surface area contributed by atoms with Gasteiger partial charge >= 0.3 is 0 Å². The third kappa shape index (κ3) is 29.2. The summed E-state index contributed by atoms with van der Waals surface area (Å²) in [4.78, 5) is 0. The van der Waals surface area contributed by atoms with Crippen molar-refractivity contribution in [1.29, 1.82) is 0 Å². The molecule has 5 heteroatoms. The summed E-state index contributed by atoms with van der Waals surface area (Å²) in [6, 6.07) is 0. The van der Waals surface area contributed by atoms with Crippen LogP contribution in [0.1, 0.15) is 20.8 Å². The predicted octanol–water partition coefficient (Wildman–Crippen LogP) is 0.650. The number of hydrogen-bond donors (Lipinski definition) is 2. The molecule has 0 unspecified atom stereocenters. The molecule has 0 atom stereocenters. The predicted molar refractivity (Wildman–Crippen MR) is 66.7 cm³/mol. The van der Waals surface area contributed by atoms with E-state index in [0.717, 1.165) is 13.7 Å². The van der Waals surface area contributed by atoms with Crippen LogP contribution >= 0.6 is 0 Å². The number of aliphatic hydroxyl groups excluding tert-OH is 1. The van der Waals surface area contributed by atoms with Gasteiger partial charge in [0, 0.05) is 20.3 Å². The second-order valence-corrected chi connectivity index (χ2v) is 2.21. The van der Waals surface area contributed by atoms with E-state index in [2.05, 4.69) is 0 Å². The Kier molecular flexibility index (Phi) is 38.7. The van der Waals surface area contributed by atoms with Gasteiger partial charge in [0.1, 0.15) is 0 Å². The summed E-state index contributed by atoms with van der Waals surface area (Å²) in [6.07, 6.45) is 0. The molecular weight excluding hydrogens is 210 g/mol. The minimum atomic E-state index is 0.568. The van der Waals surface area contributed by atoms with Crippen LogP contribution in [0.3, 0.4) is 0 Å². The fourth-order valence-electron chi connectivity index (χ4n) is 0.667.